The first-order valence-corrected chi connectivity index (χ1v) is 10.6. The molecule has 2 heterocycles. The molecule has 5 nitrogen and oxygen atoms in total. The largest absolute Gasteiger partial charge is 0.452 e. The van der Waals surface area contributed by atoms with Crippen LogP contribution >= 0.6 is 22.7 Å². The highest BCUT2D eigenvalue weighted by Gasteiger charge is 2.24. The third-order valence-electron chi connectivity index (χ3n) is 4.75. The minimum atomic E-state index is -0.419. The van der Waals surface area contributed by atoms with E-state index >= 15 is 0 Å². The van der Waals surface area contributed by atoms with Crippen LogP contribution in [-0.4, -0.2) is 23.5 Å². The average Bonchev–Trinajstić information content (AvgIpc) is 3.22. The number of anilines is 1. The minimum absolute atomic E-state index is 0.311. The van der Waals surface area contributed by atoms with Gasteiger partial charge in [-0.3, -0.25) is 10.1 Å². The number of nitrogens with one attached hydrogen (secondary N) is 1. The monoisotopic (exact) mass is 400 g/mol. The summed E-state index contributed by atoms with van der Waals surface area (Å²) in [5.41, 5.74) is 3.71. The smallest absolute Gasteiger partial charge is 0.339 e. The van der Waals surface area contributed by atoms with E-state index in [4.69, 9.17) is 4.74 Å². The number of hydrogen-bond donors (Lipinski definition) is 1. The van der Waals surface area contributed by atoms with Crippen molar-refractivity contribution >= 4 is 49.9 Å². The molecule has 1 atom stereocenters. The molecule has 140 valence electrons. The maximum Gasteiger partial charge on any atom is 0.339 e. The fourth-order valence-corrected chi connectivity index (χ4v) is 5.51. The van der Waals surface area contributed by atoms with Crippen molar-refractivity contribution in [3.05, 3.63) is 45.1 Å². The van der Waals surface area contributed by atoms with E-state index in [1.165, 1.54) is 16.2 Å². The summed E-state index contributed by atoms with van der Waals surface area (Å²) in [5.74, 6) is -0.141. The Kier molecular flexibility index (Phi) is 4.97. The third kappa shape index (κ3) is 3.89. The first kappa shape index (κ1) is 18.1. The zero-order valence-electron chi connectivity index (χ0n) is 15.2. The van der Waals surface area contributed by atoms with Crippen LogP contribution in [0.15, 0.2) is 23.6 Å². The maximum atomic E-state index is 12.4. The zero-order valence-corrected chi connectivity index (χ0v) is 16.8. The summed E-state index contributed by atoms with van der Waals surface area (Å²) < 4.78 is 6.25. The van der Waals surface area contributed by atoms with Gasteiger partial charge in [0, 0.05) is 10.3 Å². The summed E-state index contributed by atoms with van der Waals surface area (Å²) in [7, 11) is 0. The Morgan fingerprint density at radius 3 is 3.07 bits per heavy atom. The Morgan fingerprint density at radius 1 is 1.37 bits per heavy atom. The van der Waals surface area contributed by atoms with Crippen LogP contribution in [0.2, 0.25) is 0 Å². The summed E-state index contributed by atoms with van der Waals surface area (Å²) in [6.07, 6.45) is 3.01. The lowest BCUT2D eigenvalue weighted by Crippen LogP contribution is -2.21. The zero-order chi connectivity index (χ0) is 19.0. The molecule has 27 heavy (non-hydrogen) atoms. The summed E-state index contributed by atoms with van der Waals surface area (Å²) >= 11 is 3.02. The summed E-state index contributed by atoms with van der Waals surface area (Å²) in [6, 6.07) is 5.94. The van der Waals surface area contributed by atoms with E-state index in [9.17, 15) is 9.59 Å². The molecule has 4 rings (SSSR count). The van der Waals surface area contributed by atoms with E-state index in [2.05, 4.69) is 17.2 Å². The van der Waals surface area contributed by atoms with Crippen molar-refractivity contribution in [2.24, 2.45) is 5.92 Å². The quantitative estimate of drug-likeness (QED) is 0.651. The summed E-state index contributed by atoms with van der Waals surface area (Å²) in [4.78, 5) is 30.2. The van der Waals surface area contributed by atoms with Gasteiger partial charge < -0.3 is 4.74 Å². The van der Waals surface area contributed by atoms with Crippen LogP contribution in [0, 0.1) is 12.8 Å². The molecule has 1 amide bonds. The lowest BCUT2D eigenvalue weighted by Gasteiger charge is -2.18. The summed E-state index contributed by atoms with van der Waals surface area (Å²) in [6.45, 7) is 3.93. The second kappa shape index (κ2) is 7.40. The Bertz CT molecular complexity index is 1020. The van der Waals surface area contributed by atoms with E-state index in [1.54, 1.807) is 11.3 Å². The van der Waals surface area contributed by atoms with Crippen LogP contribution in [0.1, 0.15) is 39.7 Å². The molecular formula is C20H20N2O3S2. The molecule has 0 fully saturated rings. The van der Waals surface area contributed by atoms with Gasteiger partial charge >= 0.3 is 5.97 Å². The van der Waals surface area contributed by atoms with Gasteiger partial charge in [-0.25, -0.2) is 9.78 Å². The number of aryl methyl sites for hydroxylation is 1. The standard InChI is InChI=1S/C20H20N2O3S2/c1-11-3-5-13-14(10-26-16(13)7-11)19(24)25-9-18(23)22-20-21-15-6-4-12(2)8-17(15)27-20/h4,6,8,10-11H,3,5,7,9H2,1-2H3,(H,21,22,23). The molecule has 1 aliphatic carbocycles. The molecule has 0 spiro atoms. The first-order valence-electron chi connectivity index (χ1n) is 8.93. The number of fused-ring (bicyclic) bond motifs is 2. The van der Waals surface area contributed by atoms with Crippen LogP contribution in [0.3, 0.4) is 0 Å². The van der Waals surface area contributed by atoms with Crippen LogP contribution in [0.5, 0.6) is 0 Å². The van der Waals surface area contributed by atoms with Crippen molar-refractivity contribution in [3.63, 3.8) is 0 Å². The number of nitrogens with zero attached hydrogens (tertiary/aromatic N) is 1. The number of ether oxygens (including phenoxy) is 1. The molecule has 1 aliphatic rings. The van der Waals surface area contributed by atoms with Gasteiger partial charge in [0.2, 0.25) is 0 Å². The highest BCUT2D eigenvalue weighted by Crippen LogP contribution is 2.33. The molecule has 1 aromatic carbocycles. The minimum Gasteiger partial charge on any atom is -0.452 e. The number of esters is 1. The van der Waals surface area contributed by atoms with Crippen LogP contribution < -0.4 is 5.32 Å². The first-order chi connectivity index (χ1) is 13.0. The van der Waals surface area contributed by atoms with Gasteiger partial charge in [0.15, 0.2) is 11.7 Å². The van der Waals surface area contributed by atoms with Gasteiger partial charge in [-0.05, 0) is 55.4 Å². The lowest BCUT2D eigenvalue weighted by molar-refractivity contribution is -0.119. The molecule has 2 aromatic heterocycles. The molecule has 0 aliphatic heterocycles. The van der Waals surface area contributed by atoms with E-state index < -0.39 is 5.97 Å². The molecule has 0 saturated heterocycles. The van der Waals surface area contributed by atoms with E-state index in [1.807, 2.05) is 30.5 Å². The van der Waals surface area contributed by atoms with Crippen LogP contribution in [-0.2, 0) is 22.4 Å². The molecule has 0 saturated carbocycles. The second-order valence-corrected chi connectivity index (χ2v) is 9.01. The van der Waals surface area contributed by atoms with Crippen molar-refractivity contribution in [2.45, 2.75) is 33.1 Å². The van der Waals surface area contributed by atoms with Crippen LogP contribution in [0.4, 0.5) is 5.13 Å². The third-order valence-corrected chi connectivity index (χ3v) is 6.73. The number of hydrogen-bond acceptors (Lipinski definition) is 6. The molecule has 3 aromatic rings. The molecule has 7 heteroatoms. The van der Waals surface area contributed by atoms with Crippen LogP contribution in [0.25, 0.3) is 10.2 Å². The van der Waals surface area contributed by atoms with E-state index in [-0.39, 0.29) is 12.5 Å². The topological polar surface area (TPSA) is 68.3 Å². The van der Waals surface area contributed by atoms with Gasteiger partial charge in [-0.2, -0.15) is 0 Å². The predicted molar refractivity (Wildman–Crippen MR) is 109 cm³/mol. The van der Waals surface area contributed by atoms with Crippen molar-refractivity contribution in [2.75, 3.05) is 11.9 Å². The Labute approximate surface area is 165 Å². The molecule has 0 bridgehead atoms. The number of rotatable bonds is 4. The number of thiazole rings is 1. The average molecular weight is 401 g/mol. The summed E-state index contributed by atoms with van der Waals surface area (Å²) in [5, 5.41) is 5.09. The lowest BCUT2D eigenvalue weighted by atomic mass is 9.88. The van der Waals surface area contributed by atoms with Gasteiger partial charge in [-0.1, -0.05) is 24.3 Å². The van der Waals surface area contributed by atoms with Crippen molar-refractivity contribution in [1.82, 2.24) is 4.98 Å². The second-order valence-electron chi connectivity index (χ2n) is 7.01. The number of thiophene rings is 1. The molecule has 0 radical (unpaired) electrons. The fraction of sp³-hybridized carbons (Fsp3) is 0.350. The number of aromatic nitrogens is 1. The number of amides is 1. The Balaban J connectivity index is 1.37. The van der Waals surface area contributed by atoms with Crippen molar-refractivity contribution in [1.29, 1.82) is 0 Å². The molecular weight excluding hydrogens is 380 g/mol. The van der Waals surface area contributed by atoms with Gasteiger partial charge in [0.05, 0.1) is 15.8 Å². The SMILES string of the molecule is Cc1ccc2nc(NC(=O)COC(=O)c3csc4c3CCC(C)C4)sc2c1. The van der Waals surface area contributed by atoms with E-state index in [0.717, 1.165) is 40.6 Å². The predicted octanol–water partition coefficient (Wildman–Crippen LogP) is 4.59. The van der Waals surface area contributed by atoms with Gasteiger partial charge in [0.25, 0.3) is 5.91 Å². The Morgan fingerprint density at radius 2 is 2.22 bits per heavy atom. The molecule has 1 unspecified atom stereocenters. The van der Waals surface area contributed by atoms with Gasteiger partial charge in [-0.15, -0.1) is 11.3 Å². The van der Waals surface area contributed by atoms with E-state index in [0.29, 0.717) is 16.6 Å². The van der Waals surface area contributed by atoms with Crippen molar-refractivity contribution in [3.8, 4) is 0 Å². The number of carbonyl (C=O) groups excluding carboxylic acids is 2. The number of carbonyl (C=O) groups is 2. The number of benzene rings is 1. The fourth-order valence-electron chi connectivity index (χ4n) is 3.30. The normalized spacial score (nSPS) is 16.1. The van der Waals surface area contributed by atoms with Gasteiger partial charge in [0.1, 0.15) is 0 Å². The Hall–Kier alpha value is -2.25. The molecule has 1 N–H and O–H groups in total. The highest BCUT2D eigenvalue weighted by atomic mass is 32.1. The highest BCUT2D eigenvalue weighted by molar-refractivity contribution is 7.22. The van der Waals surface area contributed by atoms with Crippen molar-refractivity contribution < 1.29 is 14.3 Å². The maximum absolute atomic E-state index is 12.4.